The van der Waals surface area contributed by atoms with Gasteiger partial charge in [-0.2, -0.15) is 13.2 Å². The van der Waals surface area contributed by atoms with Crippen LogP contribution in [-0.2, 0) is 9.59 Å². The summed E-state index contributed by atoms with van der Waals surface area (Å²) in [5, 5.41) is 15.6. The molecule has 0 radical (unpaired) electrons. The smallest absolute Gasteiger partial charge is 0.481 e. The van der Waals surface area contributed by atoms with Crippen LogP contribution >= 0.6 is 0 Å². The fraction of sp³-hybridized carbons (Fsp3) is 0.800. The average molecular weight is 396 g/mol. The molecule has 0 aliphatic rings. The van der Waals surface area contributed by atoms with Gasteiger partial charge in [0.15, 0.2) is 0 Å². The Kier molecular flexibility index (Phi) is 19.7. The topological polar surface area (TPSA) is 74.6 Å². The molecule has 0 aliphatic heterocycles. The summed E-state index contributed by atoms with van der Waals surface area (Å²) >= 11 is 0. The van der Waals surface area contributed by atoms with Crippen molar-refractivity contribution in [2.24, 2.45) is 0 Å². The average Bonchev–Trinajstić information content (AvgIpc) is 2.57. The van der Waals surface area contributed by atoms with Gasteiger partial charge >= 0.3 is 18.1 Å². The van der Waals surface area contributed by atoms with E-state index in [4.69, 9.17) is 15.0 Å². The minimum absolute atomic E-state index is 0.332. The van der Waals surface area contributed by atoms with E-state index in [1.165, 1.54) is 70.6 Å². The zero-order valence-electron chi connectivity index (χ0n) is 16.4. The van der Waals surface area contributed by atoms with Gasteiger partial charge in [0.25, 0.3) is 0 Å². The summed E-state index contributed by atoms with van der Waals surface area (Å²) in [6.45, 7) is 2.26. The van der Waals surface area contributed by atoms with Gasteiger partial charge in [0.2, 0.25) is 0 Å². The second kappa shape index (κ2) is 19.2. The third-order valence-electron chi connectivity index (χ3n) is 3.89. The highest BCUT2D eigenvalue weighted by atomic mass is 19.4. The molecule has 0 rings (SSSR count). The molecule has 0 aliphatic carbocycles. The van der Waals surface area contributed by atoms with E-state index in [-0.39, 0.29) is 0 Å². The molecule has 2 N–H and O–H groups in total. The van der Waals surface area contributed by atoms with Crippen LogP contribution in [0, 0.1) is 0 Å². The summed E-state index contributed by atoms with van der Waals surface area (Å²) in [5.41, 5.74) is 0. The van der Waals surface area contributed by atoms with E-state index >= 15 is 0 Å². The molecule has 0 bridgehead atoms. The lowest BCUT2D eigenvalue weighted by Gasteiger charge is -1.99. The number of allylic oxidation sites excluding steroid dienone is 2. The van der Waals surface area contributed by atoms with Crippen molar-refractivity contribution in [1.82, 2.24) is 0 Å². The molecular formula is C20H35F3O4. The van der Waals surface area contributed by atoms with E-state index in [2.05, 4.69) is 19.1 Å². The molecule has 0 fully saturated rings. The first-order valence-corrected chi connectivity index (χ1v) is 9.88. The van der Waals surface area contributed by atoms with Crippen LogP contribution in [0.2, 0.25) is 0 Å². The summed E-state index contributed by atoms with van der Waals surface area (Å²) in [4.78, 5) is 19.2. The molecular weight excluding hydrogens is 361 g/mol. The zero-order valence-corrected chi connectivity index (χ0v) is 16.4. The predicted molar refractivity (Wildman–Crippen MR) is 101 cm³/mol. The normalized spacial score (nSPS) is 11.3. The Labute approximate surface area is 160 Å². The number of rotatable bonds is 15. The van der Waals surface area contributed by atoms with Crippen LogP contribution in [0.15, 0.2) is 12.2 Å². The van der Waals surface area contributed by atoms with Gasteiger partial charge in [-0.25, -0.2) is 4.79 Å². The summed E-state index contributed by atoms with van der Waals surface area (Å²) in [6.07, 6.45) is 16.2. The van der Waals surface area contributed by atoms with Crippen molar-refractivity contribution in [1.29, 1.82) is 0 Å². The first-order valence-electron chi connectivity index (χ1n) is 9.88. The second-order valence-corrected chi connectivity index (χ2v) is 6.53. The maximum Gasteiger partial charge on any atom is 0.490 e. The van der Waals surface area contributed by atoms with Gasteiger partial charge in [0, 0.05) is 6.42 Å². The fourth-order valence-electron chi connectivity index (χ4n) is 2.35. The number of carboxylic acids is 2. The Morgan fingerprint density at radius 2 is 1.11 bits per heavy atom. The molecule has 0 spiro atoms. The van der Waals surface area contributed by atoms with Crippen LogP contribution in [0.3, 0.4) is 0 Å². The maximum absolute atomic E-state index is 10.6. The van der Waals surface area contributed by atoms with Gasteiger partial charge in [-0.1, -0.05) is 70.4 Å². The van der Waals surface area contributed by atoms with Gasteiger partial charge in [-0.05, 0) is 32.1 Å². The highest BCUT2D eigenvalue weighted by Crippen LogP contribution is 2.13. The molecule has 4 nitrogen and oxygen atoms in total. The van der Waals surface area contributed by atoms with Crippen LogP contribution in [0.5, 0.6) is 0 Å². The van der Waals surface area contributed by atoms with Gasteiger partial charge in [0.05, 0.1) is 0 Å². The van der Waals surface area contributed by atoms with Crippen molar-refractivity contribution in [2.75, 3.05) is 0 Å². The van der Waals surface area contributed by atoms with Gasteiger partial charge in [0.1, 0.15) is 0 Å². The lowest BCUT2D eigenvalue weighted by atomic mass is 10.1. The van der Waals surface area contributed by atoms with Crippen molar-refractivity contribution in [3.63, 3.8) is 0 Å². The van der Waals surface area contributed by atoms with E-state index in [1.807, 2.05) is 0 Å². The summed E-state index contributed by atoms with van der Waals surface area (Å²) in [5.74, 6) is -3.42. The maximum atomic E-state index is 10.6. The lowest BCUT2D eigenvalue weighted by molar-refractivity contribution is -0.192. The summed E-state index contributed by atoms with van der Waals surface area (Å²) < 4.78 is 31.7. The van der Waals surface area contributed by atoms with Crippen molar-refractivity contribution < 1.29 is 33.0 Å². The molecule has 0 heterocycles. The Morgan fingerprint density at radius 3 is 1.48 bits per heavy atom. The number of carboxylic acid groups (broad SMARTS) is 2. The van der Waals surface area contributed by atoms with E-state index in [0.717, 1.165) is 12.8 Å². The van der Waals surface area contributed by atoms with E-state index in [0.29, 0.717) is 6.42 Å². The van der Waals surface area contributed by atoms with E-state index < -0.39 is 18.1 Å². The molecule has 0 saturated carbocycles. The molecule has 0 unspecified atom stereocenters. The van der Waals surface area contributed by atoms with Crippen LogP contribution in [0.4, 0.5) is 13.2 Å². The SMILES string of the molecule is CCCCCCCC/C=C\CCCCCCCC(=O)O.O=C(O)C(F)(F)F. The van der Waals surface area contributed by atoms with E-state index in [1.54, 1.807) is 0 Å². The van der Waals surface area contributed by atoms with Crippen LogP contribution in [0.25, 0.3) is 0 Å². The Hall–Kier alpha value is -1.53. The standard InChI is InChI=1S/C18H34O2.C2HF3O2/c1-2-3-4-5-6-7-8-9-10-11-12-13-14-15-16-17-18(19)20;3-2(4,5)1(6)7/h9-10H,2-8,11-17H2,1H3,(H,19,20);(H,6,7)/b10-9-;. The number of aliphatic carboxylic acids is 2. The third kappa shape index (κ3) is 26.8. The lowest BCUT2D eigenvalue weighted by Crippen LogP contribution is -2.21. The van der Waals surface area contributed by atoms with Crippen LogP contribution in [-0.4, -0.2) is 28.3 Å². The number of halogens is 3. The minimum atomic E-state index is -5.08. The Balaban J connectivity index is 0. The first-order chi connectivity index (χ1) is 12.7. The van der Waals surface area contributed by atoms with Crippen molar-refractivity contribution in [3.8, 4) is 0 Å². The largest absolute Gasteiger partial charge is 0.490 e. The molecule has 160 valence electrons. The van der Waals surface area contributed by atoms with Crippen molar-refractivity contribution in [3.05, 3.63) is 12.2 Å². The van der Waals surface area contributed by atoms with E-state index in [9.17, 15) is 18.0 Å². The van der Waals surface area contributed by atoms with Gasteiger partial charge in [-0.15, -0.1) is 0 Å². The first kappa shape index (κ1) is 27.7. The van der Waals surface area contributed by atoms with Gasteiger partial charge < -0.3 is 10.2 Å². The van der Waals surface area contributed by atoms with Crippen LogP contribution < -0.4 is 0 Å². The molecule has 0 aromatic rings. The zero-order chi connectivity index (χ0) is 21.0. The molecule has 0 saturated heterocycles. The number of carbonyl (C=O) groups is 2. The Morgan fingerprint density at radius 1 is 0.741 bits per heavy atom. The molecule has 0 amide bonds. The van der Waals surface area contributed by atoms with Crippen LogP contribution in [0.1, 0.15) is 96.8 Å². The molecule has 0 aromatic carbocycles. The second-order valence-electron chi connectivity index (χ2n) is 6.53. The quantitative estimate of drug-likeness (QED) is 0.237. The number of alkyl halides is 3. The Bertz CT molecular complexity index is 393. The summed E-state index contributed by atoms with van der Waals surface area (Å²) in [7, 11) is 0. The predicted octanol–water partition coefficient (Wildman–Crippen LogP) is 6.74. The monoisotopic (exact) mass is 396 g/mol. The third-order valence-corrected chi connectivity index (χ3v) is 3.89. The van der Waals surface area contributed by atoms with Crippen molar-refractivity contribution >= 4 is 11.9 Å². The molecule has 0 atom stereocenters. The van der Waals surface area contributed by atoms with Crippen molar-refractivity contribution in [2.45, 2.75) is 103 Å². The number of hydrogen-bond donors (Lipinski definition) is 2. The number of unbranched alkanes of at least 4 members (excludes halogenated alkanes) is 11. The minimum Gasteiger partial charge on any atom is -0.481 e. The highest BCUT2D eigenvalue weighted by Gasteiger charge is 2.38. The fourth-order valence-corrected chi connectivity index (χ4v) is 2.35. The summed E-state index contributed by atoms with van der Waals surface area (Å²) in [6, 6.07) is 0. The molecule has 7 heteroatoms. The highest BCUT2D eigenvalue weighted by molar-refractivity contribution is 5.73. The number of hydrogen-bond acceptors (Lipinski definition) is 2. The molecule has 0 aromatic heterocycles. The van der Waals surface area contributed by atoms with Gasteiger partial charge in [-0.3, -0.25) is 4.79 Å². The molecule has 27 heavy (non-hydrogen) atoms.